The zero-order valence-electron chi connectivity index (χ0n) is 23.2. The second kappa shape index (κ2) is 13.9. The molecule has 0 radical (unpaired) electrons. The number of para-hydroxylation sites is 1. The molecule has 10 heteroatoms. The molecular weight excluding hydrogens is 533 g/mol. The molecule has 0 aliphatic carbocycles. The summed E-state index contributed by atoms with van der Waals surface area (Å²) in [5.41, 5.74) is 0.479. The van der Waals surface area contributed by atoms with Gasteiger partial charge in [-0.3, -0.25) is 13.9 Å². The normalized spacial score (nSPS) is 12.7. The third-order valence-electron chi connectivity index (χ3n) is 6.51. The molecule has 0 bridgehead atoms. The van der Waals surface area contributed by atoms with Gasteiger partial charge in [0, 0.05) is 18.2 Å². The van der Waals surface area contributed by atoms with Gasteiger partial charge in [-0.1, -0.05) is 43.3 Å². The molecule has 8 nitrogen and oxygen atoms in total. The van der Waals surface area contributed by atoms with Gasteiger partial charge in [0.25, 0.3) is 10.0 Å². The molecule has 0 heterocycles. The molecule has 0 spiro atoms. The van der Waals surface area contributed by atoms with Crippen LogP contribution in [0.25, 0.3) is 0 Å². The van der Waals surface area contributed by atoms with Crippen molar-refractivity contribution in [1.29, 1.82) is 0 Å². The van der Waals surface area contributed by atoms with Crippen LogP contribution in [-0.2, 0) is 26.2 Å². The maximum Gasteiger partial charge on any atom is 0.264 e. The first-order valence-electron chi connectivity index (χ1n) is 13.2. The Labute approximate surface area is 235 Å². The van der Waals surface area contributed by atoms with Crippen LogP contribution in [0.4, 0.5) is 10.1 Å². The van der Waals surface area contributed by atoms with Crippen molar-refractivity contribution in [3.63, 3.8) is 0 Å². The average molecular weight is 570 g/mol. The SMILES string of the molecule is CCOc1ccc(S(=O)(=O)N(CC(=O)N(Cc2ccccc2F)C(C)C(=O)NC(C)CC)c2ccccc2)cc1. The summed E-state index contributed by atoms with van der Waals surface area (Å²) in [6, 6.07) is 19.0. The van der Waals surface area contributed by atoms with Gasteiger partial charge in [0.05, 0.1) is 17.2 Å². The minimum Gasteiger partial charge on any atom is -0.494 e. The van der Waals surface area contributed by atoms with E-state index in [1.165, 1.54) is 35.2 Å². The fourth-order valence-corrected chi connectivity index (χ4v) is 5.40. The van der Waals surface area contributed by atoms with Gasteiger partial charge in [-0.05, 0) is 69.7 Å². The lowest BCUT2D eigenvalue weighted by Crippen LogP contribution is -2.52. The number of carbonyl (C=O) groups is 2. The summed E-state index contributed by atoms with van der Waals surface area (Å²) in [6.45, 7) is 6.74. The van der Waals surface area contributed by atoms with Crippen molar-refractivity contribution in [3.05, 3.63) is 90.2 Å². The quantitative estimate of drug-likeness (QED) is 0.321. The molecule has 214 valence electrons. The van der Waals surface area contributed by atoms with Gasteiger partial charge in [-0.2, -0.15) is 0 Å². The number of anilines is 1. The van der Waals surface area contributed by atoms with E-state index < -0.39 is 40.2 Å². The molecule has 2 amide bonds. The number of nitrogens with one attached hydrogen (secondary N) is 1. The van der Waals surface area contributed by atoms with Crippen LogP contribution in [0.15, 0.2) is 83.8 Å². The average Bonchev–Trinajstić information content (AvgIpc) is 2.95. The predicted octanol–water partition coefficient (Wildman–Crippen LogP) is 4.75. The zero-order valence-corrected chi connectivity index (χ0v) is 24.0. The minimum atomic E-state index is -4.21. The van der Waals surface area contributed by atoms with Crippen LogP contribution in [-0.4, -0.2) is 50.4 Å². The molecule has 2 atom stereocenters. The van der Waals surface area contributed by atoms with Crippen LogP contribution in [0.2, 0.25) is 0 Å². The molecule has 3 aromatic carbocycles. The third-order valence-corrected chi connectivity index (χ3v) is 8.30. The second-order valence-electron chi connectivity index (χ2n) is 9.36. The highest BCUT2D eigenvalue weighted by Gasteiger charge is 2.33. The molecule has 3 rings (SSSR count). The molecule has 0 aliphatic rings. The van der Waals surface area contributed by atoms with Crippen molar-refractivity contribution in [2.75, 3.05) is 17.5 Å². The van der Waals surface area contributed by atoms with Crippen molar-refractivity contribution in [2.45, 2.75) is 57.6 Å². The van der Waals surface area contributed by atoms with Gasteiger partial charge in [-0.25, -0.2) is 12.8 Å². The van der Waals surface area contributed by atoms with Crippen LogP contribution in [0.3, 0.4) is 0 Å². The van der Waals surface area contributed by atoms with E-state index in [0.717, 1.165) is 4.31 Å². The predicted molar refractivity (Wildman–Crippen MR) is 153 cm³/mol. The first kappa shape index (κ1) is 30.6. The molecule has 0 aliphatic heterocycles. The molecule has 40 heavy (non-hydrogen) atoms. The van der Waals surface area contributed by atoms with Crippen molar-refractivity contribution in [1.82, 2.24) is 10.2 Å². The summed E-state index contributed by atoms with van der Waals surface area (Å²) in [5.74, 6) is -1.09. The van der Waals surface area contributed by atoms with E-state index in [9.17, 15) is 22.4 Å². The molecule has 1 N–H and O–H groups in total. The van der Waals surface area contributed by atoms with Crippen LogP contribution >= 0.6 is 0 Å². The van der Waals surface area contributed by atoms with Gasteiger partial charge in [0.15, 0.2) is 0 Å². The number of hydrogen-bond acceptors (Lipinski definition) is 5. The van der Waals surface area contributed by atoms with Crippen molar-refractivity contribution >= 4 is 27.5 Å². The lowest BCUT2D eigenvalue weighted by molar-refractivity contribution is -0.139. The topological polar surface area (TPSA) is 96.0 Å². The number of nitrogens with zero attached hydrogens (tertiary/aromatic N) is 2. The number of ether oxygens (including phenoxy) is 1. The van der Waals surface area contributed by atoms with Gasteiger partial charge < -0.3 is 15.0 Å². The van der Waals surface area contributed by atoms with Crippen molar-refractivity contribution in [3.8, 4) is 5.75 Å². The Morgan fingerprint density at radius 2 is 1.55 bits per heavy atom. The Morgan fingerprint density at radius 1 is 0.925 bits per heavy atom. The zero-order chi connectivity index (χ0) is 29.3. The standard InChI is InChI=1S/C30H36FN3O5S/c1-5-22(3)32-30(36)23(4)33(20-24-12-10-11-15-28(24)31)29(35)21-34(25-13-8-7-9-14-25)40(37,38)27-18-16-26(17-19-27)39-6-2/h7-19,22-23H,5-6,20-21H2,1-4H3,(H,32,36). The highest BCUT2D eigenvalue weighted by molar-refractivity contribution is 7.92. The highest BCUT2D eigenvalue weighted by atomic mass is 32.2. The van der Waals surface area contributed by atoms with Gasteiger partial charge >= 0.3 is 0 Å². The summed E-state index contributed by atoms with van der Waals surface area (Å²) in [6.07, 6.45) is 0.682. The Hall–Kier alpha value is -3.92. The number of halogens is 1. The number of sulfonamides is 1. The molecule has 3 aromatic rings. The smallest absolute Gasteiger partial charge is 0.264 e. The number of amides is 2. The lowest BCUT2D eigenvalue weighted by Gasteiger charge is -2.32. The van der Waals surface area contributed by atoms with E-state index >= 15 is 0 Å². The van der Waals surface area contributed by atoms with Crippen LogP contribution in [0.1, 0.15) is 39.7 Å². The lowest BCUT2D eigenvalue weighted by atomic mass is 10.1. The summed E-state index contributed by atoms with van der Waals surface area (Å²) in [7, 11) is -4.21. The number of carbonyl (C=O) groups excluding carboxylic acids is 2. The van der Waals surface area contributed by atoms with Crippen LogP contribution < -0.4 is 14.4 Å². The van der Waals surface area contributed by atoms with Crippen molar-refractivity contribution < 1.29 is 27.1 Å². The van der Waals surface area contributed by atoms with E-state index in [1.807, 2.05) is 20.8 Å². The Balaban J connectivity index is 2.00. The molecule has 2 unspecified atom stereocenters. The molecule has 0 saturated carbocycles. The fourth-order valence-electron chi connectivity index (χ4n) is 3.98. The maximum atomic E-state index is 14.6. The Bertz CT molecular complexity index is 1380. The third kappa shape index (κ3) is 7.59. The van der Waals surface area contributed by atoms with E-state index in [2.05, 4.69) is 5.32 Å². The Morgan fingerprint density at radius 3 is 2.15 bits per heavy atom. The largest absolute Gasteiger partial charge is 0.494 e. The van der Waals surface area contributed by atoms with E-state index in [4.69, 9.17) is 4.74 Å². The van der Waals surface area contributed by atoms with E-state index in [0.29, 0.717) is 18.8 Å². The number of rotatable bonds is 13. The van der Waals surface area contributed by atoms with Crippen LogP contribution in [0, 0.1) is 5.82 Å². The van der Waals surface area contributed by atoms with Crippen molar-refractivity contribution in [2.24, 2.45) is 0 Å². The Kier molecular flexibility index (Phi) is 10.7. The monoisotopic (exact) mass is 569 g/mol. The summed E-state index contributed by atoms with van der Waals surface area (Å²) >= 11 is 0. The summed E-state index contributed by atoms with van der Waals surface area (Å²) in [5, 5.41) is 2.85. The minimum absolute atomic E-state index is 0.0316. The fraction of sp³-hybridized carbons (Fsp3) is 0.333. The first-order valence-corrected chi connectivity index (χ1v) is 14.7. The van der Waals surface area contributed by atoms with Crippen LogP contribution in [0.5, 0.6) is 5.75 Å². The van der Waals surface area contributed by atoms with Gasteiger partial charge in [0.1, 0.15) is 24.2 Å². The van der Waals surface area contributed by atoms with Gasteiger partial charge in [-0.15, -0.1) is 0 Å². The molecule has 0 saturated heterocycles. The maximum absolute atomic E-state index is 14.6. The van der Waals surface area contributed by atoms with E-state index in [-0.39, 0.29) is 28.7 Å². The molecule has 0 aromatic heterocycles. The first-order chi connectivity index (χ1) is 19.1. The summed E-state index contributed by atoms with van der Waals surface area (Å²) < 4.78 is 48.7. The molecular formula is C30H36FN3O5S. The highest BCUT2D eigenvalue weighted by Crippen LogP contribution is 2.26. The second-order valence-corrected chi connectivity index (χ2v) is 11.2. The number of hydrogen-bond donors (Lipinski definition) is 1. The number of benzene rings is 3. The van der Waals surface area contributed by atoms with E-state index in [1.54, 1.807) is 55.5 Å². The summed E-state index contributed by atoms with van der Waals surface area (Å²) in [4.78, 5) is 28.1. The van der Waals surface area contributed by atoms with Gasteiger partial charge in [0.2, 0.25) is 11.8 Å². The molecule has 0 fully saturated rings.